The highest BCUT2D eigenvalue weighted by molar-refractivity contribution is 5.08. The van der Waals surface area contributed by atoms with Crippen LogP contribution in [0.2, 0.25) is 0 Å². The zero-order valence-electron chi connectivity index (χ0n) is 6.91. The lowest BCUT2D eigenvalue weighted by Crippen LogP contribution is -2.44. The smallest absolute Gasteiger partial charge is 0.197 e. The molecule has 64 valence electrons. The normalized spacial score (nSPS) is 45.5. The third kappa shape index (κ3) is 0.789. The summed E-state index contributed by atoms with van der Waals surface area (Å²) in [6.45, 7) is 0. The second kappa shape index (κ2) is 2.19. The standard InChI is InChI=1S/C8H14O3/c1-10-8(11-2)6-3-5(6)4-7(8)9/h5-7,9H,3-4H2,1-2H3/t5?,6-,7?/m1/s1. The van der Waals surface area contributed by atoms with E-state index in [0.29, 0.717) is 11.8 Å². The van der Waals surface area contributed by atoms with Gasteiger partial charge in [-0.1, -0.05) is 0 Å². The number of fused-ring (bicyclic) bond motifs is 1. The van der Waals surface area contributed by atoms with Gasteiger partial charge in [-0.25, -0.2) is 0 Å². The molecule has 11 heavy (non-hydrogen) atoms. The van der Waals surface area contributed by atoms with Gasteiger partial charge in [0, 0.05) is 20.1 Å². The number of methoxy groups -OCH3 is 2. The first kappa shape index (κ1) is 7.53. The summed E-state index contributed by atoms with van der Waals surface area (Å²) < 4.78 is 10.5. The maximum atomic E-state index is 9.59. The number of ether oxygens (including phenoxy) is 2. The molecular formula is C8H14O3. The Morgan fingerprint density at radius 2 is 1.91 bits per heavy atom. The minimum absolute atomic E-state index is 0.429. The Bertz CT molecular complexity index is 161. The summed E-state index contributed by atoms with van der Waals surface area (Å²) in [5, 5.41) is 9.59. The van der Waals surface area contributed by atoms with E-state index in [1.807, 2.05) is 0 Å². The van der Waals surface area contributed by atoms with Crippen LogP contribution >= 0.6 is 0 Å². The van der Waals surface area contributed by atoms with Crippen molar-refractivity contribution >= 4 is 0 Å². The molecule has 2 aliphatic carbocycles. The minimum atomic E-state index is -0.676. The molecule has 0 bridgehead atoms. The number of hydrogen-bond donors (Lipinski definition) is 1. The number of aliphatic hydroxyl groups is 1. The van der Waals surface area contributed by atoms with Crippen LogP contribution in [0.4, 0.5) is 0 Å². The van der Waals surface area contributed by atoms with E-state index in [1.54, 1.807) is 14.2 Å². The SMILES string of the molecule is COC1(OC)C(O)CC2C[C@H]21. The van der Waals surface area contributed by atoms with E-state index < -0.39 is 11.9 Å². The van der Waals surface area contributed by atoms with E-state index in [2.05, 4.69) is 0 Å². The minimum Gasteiger partial charge on any atom is -0.387 e. The summed E-state index contributed by atoms with van der Waals surface area (Å²) in [4.78, 5) is 0. The predicted molar refractivity (Wildman–Crippen MR) is 39.0 cm³/mol. The second-order valence-corrected chi connectivity index (χ2v) is 3.48. The molecule has 2 saturated carbocycles. The molecule has 0 heterocycles. The van der Waals surface area contributed by atoms with Gasteiger partial charge in [0.2, 0.25) is 0 Å². The van der Waals surface area contributed by atoms with Crippen LogP contribution in [0.3, 0.4) is 0 Å². The Morgan fingerprint density at radius 1 is 1.27 bits per heavy atom. The Hall–Kier alpha value is -0.120. The Kier molecular flexibility index (Phi) is 1.50. The molecule has 0 radical (unpaired) electrons. The van der Waals surface area contributed by atoms with Gasteiger partial charge in [-0.3, -0.25) is 0 Å². The van der Waals surface area contributed by atoms with Crippen LogP contribution in [-0.2, 0) is 9.47 Å². The van der Waals surface area contributed by atoms with Crippen molar-refractivity contribution in [2.45, 2.75) is 24.7 Å². The van der Waals surface area contributed by atoms with E-state index in [0.717, 1.165) is 12.8 Å². The Labute approximate surface area is 66.3 Å². The molecule has 3 atom stereocenters. The highest BCUT2D eigenvalue weighted by Crippen LogP contribution is 2.59. The van der Waals surface area contributed by atoms with Gasteiger partial charge in [-0.05, 0) is 18.8 Å². The van der Waals surface area contributed by atoms with Crippen molar-refractivity contribution in [1.82, 2.24) is 0 Å². The third-order valence-electron chi connectivity index (χ3n) is 3.07. The molecule has 3 nitrogen and oxygen atoms in total. The first-order chi connectivity index (χ1) is 5.24. The largest absolute Gasteiger partial charge is 0.387 e. The van der Waals surface area contributed by atoms with Gasteiger partial charge in [-0.15, -0.1) is 0 Å². The van der Waals surface area contributed by atoms with Crippen LogP contribution in [0.5, 0.6) is 0 Å². The summed E-state index contributed by atoms with van der Waals surface area (Å²) >= 11 is 0. The predicted octanol–water partition coefficient (Wildman–Crippen LogP) is 0.376. The number of hydrogen-bond acceptors (Lipinski definition) is 3. The van der Waals surface area contributed by atoms with Gasteiger partial charge in [-0.2, -0.15) is 0 Å². The molecule has 0 spiro atoms. The summed E-state index contributed by atoms with van der Waals surface area (Å²) in [5.74, 6) is 0.405. The zero-order chi connectivity index (χ0) is 8.06. The Morgan fingerprint density at radius 3 is 2.18 bits per heavy atom. The molecule has 0 amide bonds. The summed E-state index contributed by atoms with van der Waals surface area (Å²) in [6.07, 6.45) is 1.56. The van der Waals surface area contributed by atoms with Crippen molar-refractivity contribution in [3.63, 3.8) is 0 Å². The van der Waals surface area contributed by atoms with Gasteiger partial charge in [0.15, 0.2) is 5.79 Å². The van der Waals surface area contributed by atoms with Crippen molar-refractivity contribution < 1.29 is 14.6 Å². The average molecular weight is 158 g/mol. The van der Waals surface area contributed by atoms with Crippen LogP contribution in [0.15, 0.2) is 0 Å². The maximum Gasteiger partial charge on any atom is 0.197 e. The maximum absolute atomic E-state index is 9.59. The fraction of sp³-hybridized carbons (Fsp3) is 1.00. The van der Waals surface area contributed by atoms with E-state index >= 15 is 0 Å². The highest BCUT2D eigenvalue weighted by atomic mass is 16.7. The van der Waals surface area contributed by atoms with Gasteiger partial charge >= 0.3 is 0 Å². The second-order valence-electron chi connectivity index (χ2n) is 3.48. The molecule has 0 saturated heterocycles. The van der Waals surface area contributed by atoms with E-state index in [4.69, 9.17) is 9.47 Å². The fourth-order valence-electron chi connectivity index (χ4n) is 2.36. The van der Waals surface area contributed by atoms with Crippen molar-refractivity contribution in [2.75, 3.05) is 14.2 Å². The van der Waals surface area contributed by atoms with Crippen LogP contribution in [-0.4, -0.2) is 31.2 Å². The van der Waals surface area contributed by atoms with Gasteiger partial charge in [0.05, 0.1) is 0 Å². The first-order valence-electron chi connectivity index (χ1n) is 4.03. The molecule has 0 aromatic rings. The Balaban J connectivity index is 2.19. The van der Waals surface area contributed by atoms with Crippen LogP contribution in [0.1, 0.15) is 12.8 Å². The molecule has 2 unspecified atom stereocenters. The molecule has 0 aliphatic heterocycles. The monoisotopic (exact) mass is 158 g/mol. The quantitative estimate of drug-likeness (QED) is 0.590. The topological polar surface area (TPSA) is 38.7 Å². The van der Waals surface area contributed by atoms with Crippen LogP contribution < -0.4 is 0 Å². The molecular weight excluding hydrogens is 144 g/mol. The van der Waals surface area contributed by atoms with Gasteiger partial charge in [0.25, 0.3) is 0 Å². The molecule has 0 aromatic heterocycles. The molecule has 2 rings (SSSR count). The lowest BCUT2D eigenvalue weighted by molar-refractivity contribution is -0.259. The highest BCUT2D eigenvalue weighted by Gasteiger charge is 2.64. The van der Waals surface area contributed by atoms with Crippen LogP contribution in [0.25, 0.3) is 0 Å². The summed E-state index contributed by atoms with van der Waals surface area (Å²) in [7, 11) is 3.21. The van der Waals surface area contributed by atoms with Gasteiger partial charge < -0.3 is 14.6 Å². The lowest BCUT2D eigenvalue weighted by Gasteiger charge is -2.31. The molecule has 2 fully saturated rings. The molecule has 2 aliphatic rings. The summed E-state index contributed by atoms with van der Waals surface area (Å²) in [5.41, 5.74) is 0. The van der Waals surface area contributed by atoms with Crippen molar-refractivity contribution in [1.29, 1.82) is 0 Å². The zero-order valence-corrected chi connectivity index (χ0v) is 6.91. The average Bonchev–Trinajstić information content (AvgIpc) is 2.68. The third-order valence-corrected chi connectivity index (χ3v) is 3.07. The van der Waals surface area contributed by atoms with E-state index in [-0.39, 0.29) is 0 Å². The fourth-order valence-corrected chi connectivity index (χ4v) is 2.36. The van der Waals surface area contributed by atoms with Crippen molar-refractivity contribution in [2.24, 2.45) is 11.8 Å². The molecule has 0 aromatic carbocycles. The van der Waals surface area contributed by atoms with Crippen LogP contribution in [0, 0.1) is 11.8 Å². The van der Waals surface area contributed by atoms with E-state index in [9.17, 15) is 5.11 Å². The molecule has 3 heteroatoms. The summed E-state index contributed by atoms with van der Waals surface area (Å²) in [6, 6.07) is 0. The van der Waals surface area contributed by atoms with Crippen molar-refractivity contribution in [3.8, 4) is 0 Å². The van der Waals surface area contributed by atoms with Crippen molar-refractivity contribution in [3.05, 3.63) is 0 Å². The lowest BCUT2D eigenvalue weighted by atomic mass is 10.1. The number of rotatable bonds is 2. The first-order valence-corrected chi connectivity index (χ1v) is 4.03. The van der Waals surface area contributed by atoms with Gasteiger partial charge in [0.1, 0.15) is 6.10 Å². The van der Waals surface area contributed by atoms with E-state index in [1.165, 1.54) is 0 Å². The molecule has 1 N–H and O–H groups in total. The number of aliphatic hydroxyl groups excluding tert-OH is 1.